The molecule has 180 valence electrons. The van der Waals surface area contributed by atoms with E-state index in [1.54, 1.807) is 0 Å². The molecule has 0 saturated carbocycles. The summed E-state index contributed by atoms with van der Waals surface area (Å²) < 4.78 is 5.34. The van der Waals surface area contributed by atoms with Gasteiger partial charge in [-0.05, 0) is 12.8 Å². The summed E-state index contributed by atoms with van der Waals surface area (Å²) in [6.07, 6.45) is 4.19. The van der Waals surface area contributed by atoms with Crippen LogP contribution in [0, 0.1) is 0 Å². The maximum atomic E-state index is 12.7. The van der Waals surface area contributed by atoms with Gasteiger partial charge in [0.1, 0.15) is 24.5 Å². The van der Waals surface area contributed by atoms with Gasteiger partial charge in [-0.25, -0.2) is 0 Å². The van der Waals surface area contributed by atoms with E-state index in [0.717, 1.165) is 25.7 Å². The van der Waals surface area contributed by atoms with E-state index in [1.165, 1.54) is 50.5 Å². The maximum absolute atomic E-state index is 12.7. The molecular weight excluding hydrogens is 390 g/mol. The number of rotatable bonds is 19. The standard InChI is InChI=1S/C22H45NO7/c1-4-6-7-8-9-10-11-12-13-14-15-23(18(5-2)30-3)22(29)21(28)20(27)19(26)17(25)16-24/h17-21,24-28H,4-16H2,1-3H3. The molecule has 1 amide bonds. The number of hydrogen-bond acceptors (Lipinski definition) is 7. The van der Waals surface area contributed by atoms with Crippen LogP contribution in [0.3, 0.4) is 0 Å². The number of amides is 1. The van der Waals surface area contributed by atoms with Crippen molar-refractivity contribution in [1.29, 1.82) is 0 Å². The molecule has 0 rings (SSSR count). The lowest BCUT2D eigenvalue weighted by Crippen LogP contribution is -2.55. The van der Waals surface area contributed by atoms with E-state index in [2.05, 4.69) is 6.92 Å². The molecule has 0 fully saturated rings. The lowest BCUT2D eigenvalue weighted by molar-refractivity contribution is -0.169. The van der Waals surface area contributed by atoms with Gasteiger partial charge in [-0.3, -0.25) is 4.79 Å². The van der Waals surface area contributed by atoms with Crippen molar-refractivity contribution in [3.05, 3.63) is 0 Å². The van der Waals surface area contributed by atoms with Crippen molar-refractivity contribution in [1.82, 2.24) is 4.90 Å². The number of nitrogens with zero attached hydrogens (tertiary/aromatic N) is 1. The fourth-order valence-electron chi connectivity index (χ4n) is 3.52. The van der Waals surface area contributed by atoms with E-state index >= 15 is 0 Å². The van der Waals surface area contributed by atoms with Crippen LogP contribution >= 0.6 is 0 Å². The molecule has 0 aromatic heterocycles. The third kappa shape index (κ3) is 11.0. The Balaban J connectivity index is 4.54. The summed E-state index contributed by atoms with van der Waals surface area (Å²) in [5.74, 6) is -0.767. The Hall–Kier alpha value is -0.770. The van der Waals surface area contributed by atoms with Crippen LogP contribution in [0.15, 0.2) is 0 Å². The van der Waals surface area contributed by atoms with Gasteiger partial charge in [-0.1, -0.05) is 71.6 Å². The highest BCUT2D eigenvalue weighted by molar-refractivity contribution is 5.81. The van der Waals surface area contributed by atoms with Crippen LogP contribution in [0.4, 0.5) is 0 Å². The average Bonchev–Trinajstić information content (AvgIpc) is 2.77. The molecule has 0 aromatic rings. The van der Waals surface area contributed by atoms with Crippen LogP contribution in [0.5, 0.6) is 0 Å². The van der Waals surface area contributed by atoms with E-state index in [0.29, 0.717) is 13.0 Å². The predicted octanol–water partition coefficient (Wildman–Crippen LogP) is 1.55. The molecule has 0 bridgehead atoms. The van der Waals surface area contributed by atoms with E-state index in [4.69, 9.17) is 9.84 Å². The lowest BCUT2D eigenvalue weighted by atomic mass is 10.0. The second kappa shape index (κ2) is 17.9. The largest absolute Gasteiger partial charge is 0.394 e. The number of aliphatic hydroxyl groups is 5. The Bertz CT molecular complexity index is 420. The Morgan fingerprint density at radius 3 is 1.77 bits per heavy atom. The first-order valence-electron chi connectivity index (χ1n) is 11.5. The van der Waals surface area contributed by atoms with Gasteiger partial charge in [0.2, 0.25) is 0 Å². The van der Waals surface area contributed by atoms with Gasteiger partial charge >= 0.3 is 0 Å². The molecule has 0 radical (unpaired) electrons. The first kappa shape index (κ1) is 29.2. The second-order valence-electron chi connectivity index (χ2n) is 7.99. The summed E-state index contributed by atoms with van der Waals surface area (Å²) in [6.45, 7) is 3.63. The van der Waals surface area contributed by atoms with Crippen molar-refractivity contribution in [2.24, 2.45) is 0 Å². The molecule has 30 heavy (non-hydrogen) atoms. The van der Waals surface area contributed by atoms with Crippen LogP contribution in [0.2, 0.25) is 0 Å². The summed E-state index contributed by atoms with van der Waals surface area (Å²) in [7, 11) is 1.47. The zero-order valence-electron chi connectivity index (χ0n) is 19.1. The molecule has 8 nitrogen and oxygen atoms in total. The number of aliphatic hydroxyl groups excluding tert-OH is 5. The van der Waals surface area contributed by atoms with Gasteiger partial charge in [0.25, 0.3) is 5.91 Å². The third-order valence-electron chi connectivity index (χ3n) is 5.51. The fourth-order valence-corrected chi connectivity index (χ4v) is 3.52. The van der Waals surface area contributed by atoms with Crippen molar-refractivity contribution in [3.8, 4) is 0 Å². The van der Waals surface area contributed by atoms with E-state index in [9.17, 15) is 25.2 Å². The monoisotopic (exact) mass is 435 g/mol. The predicted molar refractivity (Wildman–Crippen MR) is 116 cm³/mol. The molecule has 5 atom stereocenters. The van der Waals surface area contributed by atoms with Crippen LogP contribution in [0.1, 0.15) is 84.5 Å². The molecule has 0 heterocycles. The Labute approximate surface area is 181 Å². The summed E-state index contributed by atoms with van der Waals surface area (Å²) >= 11 is 0. The minimum absolute atomic E-state index is 0.365. The molecule has 0 aliphatic carbocycles. The number of unbranched alkanes of at least 4 members (excludes halogenated alkanes) is 9. The molecule has 0 aliphatic rings. The summed E-state index contributed by atoms with van der Waals surface area (Å²) in [4.78, 5) is 14.1. The number of carbonyl (C=O) groups is 1. The summed E-state index contributed by atoms with van der Waals surface area (Å²) in [5, 5.41) is 48.4. The van der Waals surface area contributed by atoms with Gasteiger partial charge in [-0.2, -0.15) is 0 Å². The molecule has 5 unspecified atom stereocenters. The maximum Gasteiger partial charge on any atom is 0.256 e. The van der Waals surface area contributed by atoms with Crippen LogP contribution in [0.25, 0.3) is 0 Å². The zero-order chi connectivity index (χ0) is 22.9. The normalized spacial score (nSPS) is 16.7. The molecular formula is C22H45NO7. The van der Waals surface area contributed by atoms with E-state index < -0.39 is 43.2 Å². The van der Waals surface area contributed by atoms with Crippen molar-refractivity contribution in [2.75, 3.05) is 20.3 Å². The first-order chi connectivity index (χ1) is 14.3. The van der Waals surface area contributed by atoms with Gasteiger partial charge < -0.3 is 35.2 Å². The lowest BCUT2D eigenvalue weighted by Gasteiger charge is -2.34. The highest BCUT2D eigenvalue weighted by atomic mass is 16.5. The van der Waals surface area contributed by atoms with E-state index in [-0.39, 0.29) is 0 Å². The van der Waals surface area contributed by atoms with Crippen molar-refractivity contribution < 1.29 is 35.1 Å². The Morgan fingerprint density at radius 2 is 1.33 bits per heavy atom. The molecule has 5 N–H and O–H groups in total. The van der Waals surface area contributed by atoms with E-state index in [1.807, 2.05) is 6.92 Å². The van der Waals surface area contributed by atoms with Crippen LogP contribution in [-0.4, -0.2) is 87.2 Å². The van der Waals surface area contributed by atoms with Gasteiger partial charge in [0, 0.05) is 13.7 Å². The summed E-state index contributed by atoms with van der Waals surface area (Å²) in [6, 6.07) is 0. The topological polar surface area (TPSA) is 131 Å². The quantitative estimate of drug-likeness (QED) is 0.154. The number of ether oxygens (including phenoxy) is 1. The highest BCUT2D eigenvalue weighted by Gasteiger charge is 2.37. The average molecular weight is 436 g/mol. The number of carbonyl (C=O) groups excluding carboxylic acids is 1. The molecule has 0 aliphatic heterocycles. The fraction of sp³-hybridized carbons (Fsp3) is 0.955. The first-order valence-corrected chi connectivity index (χ1v) is 11.5. The van der Waals surface area contributed by atoms with Gasteiger partial charge in [-0.15, -0.1) is 0 Å². The van der Waals surface area contributed by atoms with Crippen LogP contribution < -0.4 is 0 Å². The second-order valence-corrected chi connectivity index (χ2v) is 7.99. The Morgan fingerprint density at radius 1 is 0.833 bits per heavy atom. The van der Waals surface area contributed by atoms with Gasteiger partial charge in [0.05, 0.1) is 6.61 Å². The minimum Gasteiger partial charge on any atom is -0.394 e. The minimum atomic E-state index is -1.92. The van der Waals surface area contributed by atoms with Crippen molar-refractivity contribution in [3.63, 3.8) is 0 Å². The summed E-state index contributed by atoms with van der Waals surface area (Å²) in [5.41, 5.74) is 0. The van der Waals surface area contributed by atoms with Crippen LogP contribution in [-0.2, 0) is 9.53 Å². The Kier molecular flexibility index (Phi) is 17.4. The SMILES string of the molecule is CCCCCCCCCCCCN(C(=O)C(O)C(O)C(O)C(O)CO)C(CC)OC. The molecule has 0 aromatic carbocycles. The van der Waals surface area contributed by atoms with Crippen molar-refractivity contribution >= 4 is 5.91 Å². The smallest absolute Gasteiger partial charge is 0.256 e. The zero-order valence-corrected chi connectivity index (χ0v) is 19.1. The van der Waals surface area contributed by atoms with Gasteiger partial charge in [0.15, 0.2) is 6.10 Å². The number of methoxy groups -OCH3 is 1. The molecule has 0 saturated heterocycles. The molecule has 0 spiro atoms. The third-order valence-corrected chi connectivity index (χ3v) is 5.51. The highest BCUT2D eigenvalue weighted by Crippen LogP contribution is 2.15. The van der Waals surface area contributed by atoms with Crippen molar-refractivity contribution in [2.45, 2.75) is 115 Å². The number of hydrogen-bond donors (Lipinski definition) is 5. The molecule has 8 heteroatoms.